The molecule has 0 aliphatic carbocycles. The van der Waals surface area contributed by atoms with Gasteiger partial charge >= 0.3 is 0 Å². The molecule has 2 rings (SSSR count). The summed E-state index contributed by atoms with van der Waals surface area (Å²) in [5.41, 5.74) is 0.186. The van der Waals surface area contributed by atoms with Gasteiger partial charge in [-0.05, 0) is 25.1 Å². The SMILES string of the molecule is CCn1cc(NS(=O)(=O)c2cc(F)ccc2F)cn1. The number of sulfonamides is 1. The summed E-state index contributed by atoms with van der Waals surface area (Å²) in [6.45, 7) is 2.40. The van der Waals surface area contributed by atoms with Gasteiger partial charge in [-0.3, -0.25) is 9.40 Å². The van der Waals surface area contributed by atoms with Crippen molar-refractivity contribution < 1.29 is 17.2 Å². The predicted octanol–water partition coefficient (Wildman–Crippen LogP) is 1.98. The average Bonchev–Trinajstić information content (AvgIpc) is 2.79. The lowest BCUT2D eigenvalue weighted by atomic mass is 10.3. The Morgan fingerprint density at radius 3 is 2.74 bits per heavy atom. The summed E-state index contributed by atoms with van der Waals surface area (Å²) in [5.74, 6) is -1.84. The minimum absolute atomic E-state index is 0.186. The molecule has 1 aromatic carbocycles. The van der Waals surface area contributed by atoms with Gasteiger partial charge in [0.25, 0.3) is 10.0 Å². The normalized spacial score (nSPS) is 11.5. The van der Waals surface area contributed by atoms with Crippen LogP contribution in [0.4, 0.5) is 14.5 Å². The van der Waals surface area contributed by atoms with E-state index in [4.69, 9.17) is 0 Å². The molecule has 0 radical (unpaired) electrons. The Bertz CT molecular complexity index is 698. The van der Waals surface area contributed by atoms with Gasteiger partial charge in [0, 0.05) is 12.7 Å². The van der Waals surface area contributed by atoms with Crippen LogP contribution in [-0.4, -0.2) is 18.2 Å². The number of benzene rings is 1. The smallest absolute Gasteiger partial charge is 0.265 e. The lowest BCUT2D eigenvalue weighted by molar-refractivity contribution is 0.555. The van der Waals surface area contributed by atoms with Crippen molar-refractivity contribution in [1.29, 1.82) is 0 Å². The molecule has 0 atom stereocenters. The van der Waals surface area contributed by atoms with E-state index in [1.165, 1.54) is 17.1 Å². The van der Waals surface area contributed by atoms with E-state index in [1.807, 2.05) is 6.92 Å². The van der Waals surface area contributed by atoms with Crippen LogP contribution >= 0.6 is 0 Å². The largest absolute Gasteiger partial charge is 0.276 e. The molecule has 1 heterocycles. The zero-order chi connectivity index (χ0) is 14.0. The molecule has 2 aromatic rings. The highest BCUT2D eigenvalue weighted by Crippen LogP contribution is 2.19. The highest BCUT2D eigenvalue weighted by Gasteiger charge is 2.20. The fourth-order valence-corrected chi connectivity index (χ4v) is 2.60. The second-order valence-electron chi connectivity index (χ2n) is 3.76. The lowest BCUT2D eigenvalue weighted by Gasteiger charge is -2.06. The van der Waals surface area contributed by atoms with Crippen LogP contribution in [0.2, 0.25) is 0 Å². The van der Waals surface area contributed by atoms with Crippen LogP contribution in [0.25, 0.3) is 0 Å². The summed E-state index contributed by atoms with van der Waals surface area (Å²) in [6, 6.07) is 2.24. The molecule has 0 unspecified atom stereocenters. The first-order valence-corrected chi connectivity index (χ1v) is 6.91. The van der Waals surface area contributed by atoms with E-state index in [2.05, 4.69) is 9.82 Å². The molecule has 5 nitrogen and oxygen atoms in total. The number of rotatable bonds is 4. The quantitative estimate of drug-likeness (QED) is 0.935. The molecular weight excluding hydrogens is 276 g/mol. The van der Waals surface area contributed by atoms with Crippen molar-refractivity contribution in [3.8, 4) is 0 Å². The van der Waals surface area contributed by atoms with E-state index in [0.29, 0.717) is 12.6 Å². The number of aromatic nitrogens is 2. The highest BCUT2D eigenvalue weighted by molar-refractivity contribution is 7.92. The minimum Gasteiger partial charge on any atom is -0.276 e. The van der Waals surface area contributed by atoms with Gasteiger partial charge in [-0.1, -0.05) is 0 Å². The summed E-state index contributed by atoms with van der Waals surface area (Å²) in [5, 5.41) is 3.87. The van der Waals surface area contributed by atoms with Crippen LogP contribution < -0.4 is 4.72 Å². The Hall–Kier alpha value is -1.96. The summed E-state index contributed by atoms with van der Waals surface area (Å²) in [4.78, 5) is -0.739. The number of hydrogen-bond acceptors (Lipinski definition) is 3. The monoisotopic (exact) mass is 287 g/mol. The molecule has 8 heteroatoms. The fraction of sp³-hybridized carbons (Fsp3) is 0.182. The Balaban J connectivity index is 2.34. The van der Waals surface area contributed by atoms with E-state index >= 15 is 0 Å². The van der Waals surface area contributed by atoms with Gasteiger partial charge in [0.1, 0.15) is 16.5 Å². The maximum Gasteiger partial charge on any atom is 0.265 e. The third kappa shape index (κ3) is 2.90. The van der Waals surface area contributed by atoms with Crippen molar-refractivity contribution in [3.63, 3.8) is 0 Å². The maximum atomic E-state index is 13.4. The third-order valence-corrected chi connectivity index (χ3v) is 3.79. The zero-order valence-electron chi connectivity index (χ0n) is 9.97. The van der Waals surface area contributed by atoms with Crippen LogP contribution in [0.1, 0.15) is 6.92 Å². The van der Waals surface area contributed by atoms with Crippen molar-refractivity contribution >= 4 is 15.7 Å². The van der Waals surface area contributed by atoms with Crippen LogP contribution in [-0.2, 0) is 16.6 Å². The predicted molar refractivity (Wildman–Crippen MR) is 65.1 cm³/mol. The first-order valence-electron chi connectivity index (χ1n) is 5.42. The molecule has 19 heavy (non-hydrogen) atoms. The van der Waals surface area contributed by atoms with Crippen LogP contribution in [0.3, 0.4) is 0 Å². The van der Waals surface area contributed by atoms with Crippen molar-refractivity contribution in [1.82, 2.24) is 9.78 Å². The molecular formula is C11H11F2N3O2S. The van der Waals surface area contributed by atoms with Crippen molar-refractivity contribution in [2.24, 2.45) is 0 Å². The number of nitrogens with one attached hydrogen (secondary N) is 1. The molecule has 1 aromatic heterocycles. The van der Waals surface area contributed by atoms with E-state index in [9.17, 15) is 17.2 Å². The van der Waals surface area contributed by atoms with Crippen LogP contribution in [0, 0.1) is 11.6 Å². The number of anilines is 1. The Morgan fingerprint density at radius 1 is 1.37 bits per heavy atom. The van der Waals surface area contributed by atoms with E-state index in [0.717, 1.165) is 12.1 Å². The summed E-state index contributed by atoms with van der Waals surface area (Å²) < 4.78 is 53.9. The van der Waals surface area contributed by atoms with Crippen molar-refractivity contribution in [2.45, 2.75) is 18.4 Å². The Morgan fingerprint density at radius 2 is 2.11 bits per heavy atom. The molecule has 0 saturated carbocycles. The maximum absolute atomic E-state index is 13.4. The van der Waals surface area contributed by atoms with E-state index < -0.39 is 26.6 Å². The molecule has 0 spiro atoms. The number of hydrogen-bond donors (Lipinski definition) is 1. The first-order chi connectivity index (χ1) is 8.92. The van der Waals surface area contributed by atoms with Gasteiger partial charge < -0.3 is 0 Å². The second kappa shape index (κ2) is 4.96. The third-order valence-electron chi connectivity index (χ3n) is 2.39. The molecule has 102 valence electrons. The molecule has 0 aliphatic rings. The van der Waals surface area contributed by atoms with Gasteiger partial charge in [0.2, 0.25) is 0 Å². The van der Waals surface area contributed by atoms with E-state index in [-0.39, 0.29) is 5.69 Å². The molecule has 0 fully saturated rings. The van der Waals surface area contributed by atoms with Gasteiger partial charge in [-0.15, -0.1) is 0 Å². The van der Waals surface area contributed by atoms with Gasteiger partial charge in [-0.2, -0.15) is 5.10 Å². The first kappa shape index (κ1) is 13.5. The van der Waals surface area contributed by atoms with Crippen molar-refractivity contribution in [3.05, 3.63) is 42.2 Å². The topological polar surface area (TPSA) is 64.0 Å². The lowest BCUT2D eigenvalue weighted by Crippen LogP contribution is -2.14. The number of aryl methyl sites for hydroxylation is 1. The number of nitrogens with zero attached hydrogens (tertiary/aromatic N) is 2. The zero-order valence-corrected chi connectivity index (χ0v) is 10.8. The average molecular weight is 287 g/mol. The highest BCUT2D eigenvalue weighted by atomic mass is 32.2. The summed E-state index contributed by atoms with van der Waals surface area (Å²) >= 11 is 0. The Kier molecular flexibility index (Phi) is 3.52. The standard InChI is InChI=1S/C11H11F2N3O2S/c1-2-16-7-9(6-14-16)15-19(17,18)11-5-8(12)3-4-10(11)13/h3-7,15H,2H2,1H3. The van der Waals surface area contributed by atoms with Crippen LogP contribution in [0.5, 0.6) is 0 Å². The Labute approximate surface area is 108 Å². The molecule has 0 aliphatic heterocycles. The summed E-state index contributed by atoms with van der Waals surface area (Å²) in [6.07, 6.45) is 2.74. The molecule has 0 saturated heterocycles. The van der Waals surface area contributed by atoms with Crippen LogP contribution in [0.15, 0.2) is 35.5 Å². The second-order valence-corrected chi connectivity index (χ2v) is 5.42. The molecule has 0 amide bonds. The molecule has 1 N–H and O–H groups in total. The van der Waals surface area contributed by atoms with Gasteiger partial charge in [-0.25, -0.2) is 17.2 Å². The number of halogens is 2. The summed E-state index contributed by atoms with van der Waals surface area (Å²) in [7, 11) is -4.18. The van der Waals surface area contributed by atoms with Crippen molar-refractivity contribution in [2.75, 3.05) is 4.72 Å². The fourth-order valence-electron chi connectivity index (χ4n) is 1.48. The molecule has 0 bridgehead atoms. The van der Waals surface area contributed by atoms with Gasteiger partial charge in [0.15, 0.2) is 0 Å². The van der Waals surface area contributed by atoms with Gasteiger partial charge in [0.05, 0.1) is 11.9 Å². The van der Waals surface area contributed by atoms with E-state index in [1.54, 1.807) is 0 Å². The minimum atomic E-state index is -4.18.